The van der Waals surface area contributed by atoms with E-state index in [1.54, 1.807) is 0 Å². The van der Waals surface area contributed by atoms with Crippen LogP contribution in [0.25, 0.3) is 0 Å². The molecule has 0 radical (unpaired) electrons. The van der Waals surface area contributed by atoms with Crippen LogP contribution < -0.4 is 9.80 Å². The fourth-order valence-corrected chi connectivity index (χ4v) is 4.01. The fourth-order valence-electron chi connectivity index (χ4n) is 4.01. The van der Waals surface area contributed by atoms with Crippen molar-refractivity contribution >= 4 is 17.3 Å². The number of hydrogen-bond donors (Lipinski definition) is 1. The zero-order valence-corrected chi connectivity index (χ0v) is 16.5. The smallest absolute Gasteiger partial charge is 0.203 e. The van der Waals surface area contributed by atoms with Crippen LogP contribution in [0.1, 0.15) is 50.8 Å². The van der Waals surface area contributed by atoms with Crippen molar-refractivity contribution in [3.8, 4) is 0 Å². The Morgan fingerprint density at radius 1 is 1.08 bits per heavy atom. The summed E-state index contributed by atoms with van der Waals surface area (Å²) < 4.78 is 0. The van der Waals surface area contributed by atoms with Gasteiger partial charge in [-0.3, -0.25) is 5.41 Å². The molecule has 0 bridgehead atoms. The maximum absolute atomic E-state index is 9.05. The van der Waals surface area contributed by atoms with Crippen LogP contribution in [-0.4, -0.2) is 18.5 Å². The Morgan fingerprint density at radius 3 is 2.54 bits per heavy atom. The van der Waals surface area contributed by atoms with Gasteiger partial charge in [0.15, 0.2) is 0 Å². The van der Waals surface area contributed by atoms with E-state index < -0.39 is 0 Å². The average molecular weight is 350 g/mol. The van der Waals surface area contributed by atoms with Gasteiger partial charge in [-0.1, -0.05) is 31.2 Å². The third-order valence-corrected chi connectivity index (χ3v) is 5.33. The predicted octanol–water partition coefficient (Wildman–Crippen LogP) is 5.41. The van der Waals surface area contributed by atoms with Crippen LogP contribution in [0.3, 0.4) is 0 Å². The van der Waals surface area contributed by atoms with Gasteiger partial charge in [-0.2, -0.15) is 0 Å². The van der Waals surface area contributed by atoms with Gasteiger partial charge in [0, 0.05) is 24.0 Å². The lowest BCUT2D eigenvalue weighted by Crippen LogP contribution is -2.47. The van der Waals surface area contributed by atoms with Gasteiger partial charge in [0.25, 0.3) is 0 Å². The molecule has 0 fully saturated rings. The van der Waals surface area contributed by atoms with E-state index in [9.17, 15) is 0 Å². The third kappa shape index (κ3) is 3.48. The van der Waals surface area contributed by atoms with Gasteiger partial charge in [-0.15, -0.1) is 0 Å². The van der Waals surface area contributed by atoms with Crippen LogP contribution in [0.15, 0.2) is 42.5 Å². The number of nitrogens with zero attached hydrogens (tertiary/aromatic N) is 2. The molecule has 0 unspecified atom stereocenters. The topological polar surface area (TPSA) is 30.3 Å². The zero-order chi connectivity index (χ0) is 18.7. The average Bonchev–Trinajstić information content (AvgIpc) is 3.12. The molecule has 0 saturated carbocycles. The monoisotopic (exact) mass is 349 g/mol. The number of nitrogens with one attached hydrogen (secondary N) is 1. The molecule has 1 aliphatic carbocycles. The molecule has 1 aliphatic rings. The molecule has 0 heterocycles. The van der Waals surface area contributed by atoms with E-state index in [1.807, 2.05) is 0 Å². The number of fused-ring (bicyclic) bond motifs is 1. The standard InChI is InChI=1S/C23H31N3/c1-5-18-10-7-13-20(16-18)26(17(3)4)23(24)25(6-2)22-15-9-12-19-11-8-14-21(19)22/h7,9-10,12-13,15-17,24H,5-6,8,11,14H2,1-4H3. The first-order valence-corrected chi connectivity index (χ1v) is 9.91. The molecule has 1 N–H and O–H groups in total. The Balaban J connectivity index is 1.99. The summed E-state index contributed by atoms with van der Waals surface area (Å²) in [7, 11) is 0. The van der Waals surface area contributed by atoms with Crippen molar-refractivity contribution in [2.75, 3.05) is 16.3 Å². The van der Waals surface area contributed by atoms with Crippen molar-refractivity contribution in [3.05, 3.63) is 59.2 Å². The van der Waals surface area contributed by atoms with Gasteiger partial charge in [-0.25, -0.2) is 0 Å². The molecule has 2 aromatic carbocycles. The van der Waals surface area contributed by atoms with Gasteiger partial charge in [-0.05, 0) is 81.3 Å². The van der Waals surface area contributed by atoms with Gasteiger partial charge in [0.1, 0.15) is 0 Å². The van der Waals surface area contributed by atoms with Crippen molar-refractivity contribution in [3.63, 3.8) is 0 Å². The quantitative estimate of drug-likeness (QED) is 0.577. The predicted molar refractivity (Wildman–Crippen MR) is 113 cm³/mol. The largest absolute Gasteiger partial charge is 0.312 e. The Labute approximate surface area is 158 Å². The lowest BCUT2D eigenvalue weighted by Gasteiger charge is -2.36. The maximum atomic E-state index is 9.05. The van der Waals surface area contributed by atoms with Crippen molar-refractivity contribution in [2.24, 2.45) is 0 Å². The second-order valence-corrected chi connectivity index (χ2v) is 7.32. The first-order valence-electron chi connectivity index (χ1n) is 9.91. The minimum atomic E-state index is 0.223. The highest BCUT2D eigenvalue weighted by Gasteiger charge is 2.25. The summed E-state index contributed by atoms with van der Waals surface area (Å²) in [6.45, 7) is 9.44. The molecule has 0 atom stereocenters. The van der Waals surface area contributed by atoms with Crippen LogP contribution in [0.2, 0.25) is 0 Å². The summed E-state index contributed by atoms with van der Waals surface area (Å²) >= 11 is 0. The number of guanidine groups is 1. The number of hydrogen-bond acceptors (Lipinski definition) is 1. The molecule has 26 heavy (non-hydrogen) atoms. The van der Waals surface area contributed by atoms with Crippen LogP contribution in [0.5, 0.6) is 0 Å². The number of anilines is 2. The molecule has 138 valence electrons. The fraction of sp³-hybridized carbons (Fsp3) is 0.435. The van der Waals surface area contributed by atoms with E-state index in [0.29, 0.717) is 5.96 Å². The Bertz CT molecular complexity index is 779. The molecule has 0 aromatic heterocycles. The second kappa shape index (κ2) is 7.94. The van der Waals surface area contributed by atoms with Gasteiger partial charge in [0.05, 0.1) is 0 Å². The van der Waals surface area contributed by atoms with E-state index in [0.717, 1.165) is 25.1 Å². The Kier molecular flexibility index (Phi) is 5.65. The molecule has 2 aromatic rings. The van der Waals surface area contributed by atoms with E-state index in [-0.39, 0.29) is 6.04 Å². The first kappa shape index (κ1) is 18.5. The van der Waals surface area contributed by atoms with E-state index in [2.05, 4.69) is 80.0 Å². The summed E-state index contributed by atoms with van der Waals surface area (Å²) in [5.74, 6) is 0.566. The van der Waals surface area contributed by atoms with Gasteiger partial charge in [0.2, 0.25) is 5.96 Å². The molecule has 0 amide bonds. The minimum absolute atomic E-state index is 0.223. The maximum Gasteiger partial charge on any atom is 0.203 e. The summed E-state index contributed by atoms with van der Waals surface area (Å²) in [5, 5.41) is 9.05. The number of rotatable bonds is 5. The Morgan fingerprint density at radius 2 is 1.85 bits per heavy atom. The highest BCUT2D eigenvalue weighted by Crippen LogP contribution is 2.32. The summed E-state index contributed by atoms with van der Waals surface area (Å²) in [4.78, 5) is 4.32. The van der Waals surface area contributed by atoms with Gasteiger partial charge >= 0.3 is 0 Å². The van der Waals surface area contributed by atoms with Crippen molar-refractivity contribution in [2.45, 2.75) is 59.4 Å². The summed E-state index contributed by atoms with van der Waals surface area (Å²) in [5.41, 5.74) is 6.52. The van der Waals surface area contributed by atoms with Gasteiger partial charge < -0.3 is 9.80 Å². The zero-order valence-electron chi connectivity index (χ0n) is 16.5. The minimum Gasteiger partial charge on any atom is -0.312 e. The highest BCUT2D eigenvalue weighted by atomic mass is 15.4. The van der Waals surface area contributed by atoms with Crippen LogP contribution in [0, 0.1) is 5.41 Å². The normalized spacial score (nSPS) is 13.0. The SMILES string of the molecule is CCc1cccc(N(C(=N)N(CC)c2cccc3c2CCC3)C(C)C)c1. The van der Waals surface area contributed by atoms with Crippen molar-refractivity contribution < 1.29 is 0 Å². The molecular weight excluding hydrogens is 318 g/mol. The highest BCUT2D eigenvalue weighted by molar-refractivity contribution is 6.06. The molecule has 3 rings (SSSR count). The van der Waals surface area contributed by atoms with Crippen LogP contribution >= 0.6 is 0 Å². The van der Waals surface area contributed by atoms with E-state index in [4.69, 9.17) is 5.41 Å². The van der Waals surface area contributed by atoms with E-state index >= 15 is 0 Å². The molecule has 3 heteroatoms. The molecule has 0 aliphatic heterocycles. The summed E-state index contributed by atoms with van der Waals surface area (Å²) in [6.07, 6.45) is 4.53. The van der Waals surface area contributed by atoms with Crippen molar-refractivity contribution in [1.29, 1.82) is 5.41 Å². The lowest BCUT2D eigenvalue weighted by molar-refractivity contribution is 0.786. The van der Waals surface area contributed by atoms with Crippen molar-refractivity contribution in [1.82, 2.24) is 0 Å². The third-order valence-electron chi connectivity index (χ3n) is 5.33. The molecular formula is C23H31N3. The summed E-state index contributed by atoms with van der Waals surface area (Å²) in [6, 6.07) is 15.4. The molecule has 0 spiro atoms. The number of benzene rings is 2. The lowest BCUT2D eigenvalue weighted by atomic mass is 10.1. The van der Waals surface area contributed by atoms with E-state index in [1.165, 1.54) is 35.2 Å². The van der Waals surface area contributed by atoms with Crippen LogP contribution in [-0.2, 0) is 19.3 Å². The Hall–Kier alpha value is -2.29. The van der Waals surface area contributed by atoms with Crippen LogP contribution in [0.4, 0.5) is 11.4 Å². The first-order chi connectivity index (χ1) is 12.6. The second-order valence-electron chi connectivity index (χ2n) is 7.32. The molecule has 0 saturated heterocycles. The number of aryl methyl sites for hydroxylation is 2. The molecule has 3 nitrogen and oxygen atoms in total.